The maximum Gasteiger partial charge on any atom is 0.471 e. The van der Waals surface area contributed by atoms with E-state index in [0.29, 0.717) is 6.54 Å². The van der Waals surface area contributed by atoms with E-state index in [4.69, 9.17) is 0 Å². The summed E-state index contributed by atoms with van der Waals surface area (Å²) in [6, 6.07) is 9.56. The second kappa shape index (κ2) is 7.06. The highest BCUT2D eigenvalue weighted by Gasteiger charge is 2.35. The molecule has 1 aromatic heterocycles. The monoisotopic (exact) mass is 331 g/mol. The smallest absolute Gasteiger partial charge is 0.310 e. The lowest BCUT2D eigenvalue weighted by Gasteiger charge is -2.11. The SMILES string of the molecule is Cc1ncc(CNCCS(=O)C(F)(F)F)n1-c1ccccc1. The number of alkyl halides is 3. The molecule has 8 heteroatoms. The molecule has 1 unspecified atom stereocenters. The van der Waals surface area contributed by atoms with Gasteiger partial charge in [0, 0.05) is 24.5 Å². The van der Waals surface area contributed by atoms with Crippen LogP contribution in [0.3, 0.4) is 0 Å². The molecule has 1 aromatic carbocycles. The number of rotatable bonds is 6. The molecule has 0 saturated heterocycles. The number of halogens is 3. The van der Waals surface area contributed by atoms with Crippen molar-refractivity contribution in [3.63, 3.8) is 0 Å². The highest BCUT2D eigenvalue weighted by Crippen LogP contribution is 2.19. The van der Waals surface area contributed by atoms with Crippen LogP contribution in [-0.4, -0.2) is 31.6 Å². The van der Waals surface area contributed by atoms with E-state index in [1.807, 2.05) is 41.8 Å². The predicted octanol–water partition coefficient (Wildman–Crippen LogP) is 2.54. The van der Waals surface area contributed by atoms with Crippen molar-refractivity contribution < 1.29 is 17.4 Å². The number of aromatic nitrogens is 2. The number of nitrogens with zero attached hydrogens (tertiary/aromatic N) is 2. The lowest BCUT2D eigenvalue weighted by Crippen LogP contribution is -2.27. The normalized spacial score (nSPS) is 13.3. The first-order valence-corrected chi connectivity index (χ1v) is 7.96. The fourth-order valence-corrected chi connectivity index (χ4v) is 2.60. The maximum atomic E-state index is 12.1. The molecule has 1 atom stereocenters. The van der Waals surface area contributed by atoms with Gasteiger partial charge in [-0.2, -0.15) is 13.2 Å². The summed E-state index contributed by atoms with van der Waals surface area (Å²) in [5, 5.41) is 2.87. The Bertz CT molecular complexity index is 641. The second-order valence-corrected chi connectivity index (χ2v) is 6.20. The Morgan fingerprint density at radius 2 is 1.95 bits per heavy atom. The summed E-state index contributed by atoms with van der Waals surface area (Å²) in [5.74, 6) is 0.337. The Morgan fingerprint density at radius 1 is 1.27 bits per heavy atom. The lowest BCUT2D eigenvalue weighted by molar-refractivity contribution is -0.0384. The Morgan fingerprint density at radius 3 is 2.59 bits per heavy atom. The van der Waals surface area contributed by atoms with Crippen molar-refractivity contribution in [1.82, 2.24) is 14.9 Å². The van der Waals surface area contributed by atoms with E-state index in [1.165, 1.54) is 0 Å². The minimum Gasteiger partial charge on any atom is -0.310 e. The first kappa shape index (κ1) is 16.7. The minimum atomic E-state index is -4.65. The van der Waals surface area contributed by atoms with Gasteiger partial charge in [0.15, 0.2) is 0 Å². The summed E-state index contributed by atoms with van der Waals surface area (Å²) < 4.78 is 49.3. The van der Waals surface area contributed by atoms with Gasteiger partial charge in [0.1, 0.15) is 16.6 Å². The average molecular weight is 331 g/mol. The average Bonchev–Trinajstić information content (AvgIpc) is 2.84. The van der Waals surface area contributed by atoms with Crippen molar-refractivity contribution >= 4 is 10.8 Å². The molecule has 120 valence electrons. The van der Waals surface area contributed by atoms with E-state index >= 15 is 0 Å². The standard InChI is InChI=1S/C14H16F3N3OS/c1-11-19-10-13(20(11)12-5-3-2-4-6-12)9-18-7-8-22(21)14(15,16)17/h2-6,10,18H,7-9H2,1H3. The number of hydrogen-bond acceptors (Lipinski definition) is 3. The van der Waals surface area contributed by atoms with Crippen molar-refractivity contribution in [1.29, 1.82) is 0 Å². The summed E-state index contributed by atoms with van der Waals surface area (Å²) in [6.07, 6.45) is 1.68. The fraction of sp³-hybridized carbons (Fsp3) is 0.357. The van der Waals surface area contributed by atoms with Crippen LogP contribution in [0.1, 0.15) is 11.5 Å². The highest BCUT2D eigenvalue weighted by molar-refractivity contribution is 7.85. The molecule has 0 aliphatic heterocycles. The van der Waals surface area contributed by atoms with Crippen LogP contribution in [0.4, 0.5) is 13.2 Å². The molecule has 0 aliphatic carbocycles. The number of aryl methyl sites for hydroxylation is 1. The zero-order valence-corrected chi connectivity index (χ0v) is 12.7. The molecule has 0 radical (unpaired) electrons. The number of benzene rings is 1. The van der Waals surface area contributed by atoms with Gasteiger partial charge in [-0.05, 0) is 19.1 Å². The number of imidazole rings is 1. The molecule has 1 N–H and O–H groups in total. The van der Waals surface area contributed by atoms with E-state index < -0.39 is 22.1 Å². The molecule has 2 aromatic rings. The van der Waals surface area contributed by atoms with Crippen LogP contribution >= 0.6 is 0 Å². The Labute approximate surface area is 128 Å². The molecule has 0 aliphatic rings. The van der Waals surface area contributed by atoms with Gasteiger partial charge in [0.25, 0.3) is 0 Å². The van der Waals surface area contributed by atoms with Gasteiger partial charge in [-0.1, -0.05) is 18.2 Å². The van der Waals surface area contributed by atoms with Crippen LogP contribution in [0.5, 0.6) is 0 Å². The van der Waals surface area contributed by atoms with Crippen molar-refractivity contribution in [2.75, 3.05) is 12.3 Å². The third-order valence-corrected chi connectivity index (χ3v) is 4.15. The van der Waals surface area contributed by atoms with Gasteiger partial charge >= 0.3 is 5.51 Å². The van der Waals surface area contributed by atoms with Gasteiger partial charge < -0.3 is 5.32 Å². The molecule has 0 fully saturated rings. The number of hydrogen-bond donors (Lipinski definition) is 1. The van der Waals surface area contributed by atoms with E-state index in [2.05, 4.69) is 10.3 Å². The van der Waals surface area contributed by atoms with Gasteiger partial charge in [0.2, 0.25) is 0 Å². The van der Waals surface area contributed by atoms with Crippen LogP contribution in [0.2, 0.25) is 0 Å². The third kappa shape index (κ3) is 4.17. The van der Waals surface area contributed by atoms with E-state index in [0.717, 1.165) is 17.2 Å². The van der Waals surface area contributed by atoms with Gasteiger partial charge in [-0.25, -0.2) is 4.98 Å². The zero-order valence-electron chi connectivity index (χ0n) is 11.9. The Kier molecular flexibility index (Phi) is 5.36. The van der Waals surface area contributed by atoms with E-state index in [-0.39, 0.29) is 6.54 Å². The minimum absolute atomic E-state index is 0.0190. The van der Waals surface area contributed by atoms with Crippen molar-refractivity contribution in [3.05, 3.63) is 48.0 Å². The maximum absolute atomic E-state index is 12.1. The van der Waals surface area contributed by atoms with Gasteiger partial charge in [-0.15, -0.1) is 0 Å². The molecule has 4 nitrogen and oxygen atoms in total. The summed E-state index contributed by atoms with van der Waals surface area (Å²) in [7, 11) is -2.82. The van der Waals surface area contributed by atoms with Crippen LogP contribution in [0, 0.1) is 6.92 Å². The molecular weight excluding hydrogens is 315 g/mol. The molecule has 1 heterocycles. The predicted molar refractivity (Wildman–Crippen MR) is 79.1 cm³/mol. The topological polar surface area (TPSA) is 46.9 Å². The van der Waals surface area contributed by atoms with E-state index in [1.54, 1.807) is 6.20 Å². The molecular formula is C14H16F3N3OS. The fourth-order valence-electron chi connectivity index (χ4n) is 2.04. The van der Waals surface area contributed by atoms with Crippen molar-refractivity contribution in [2.24, 2.45) is 0 Å². The number of para-hydroxylation sites is 1. The Hall–Kier alpha value is -1.67. The molecule has 0 saturated carbocycles. The van der Waals surface area contributed by atoms with Gasteiger partial charge in [0.05, 0.1) is 11.9 Å². The summed E-state index contributed by atoms with van der Waals surface area (Å²) in [5.41, 5.74) is -2.88. The van der Waals surface area contributed by atoms with Crippen LogP contribution in [0.25, 0.3) is 5.69 Å². The van der Waals surface area contributed by atoms with Crippen LogP contribution in [0.15, 0.2) is 36.5 Å². The van der Waals surface area contributed by atoms with Gasteiger partial charge in [-0.3, -0.25) is 8.78 Å². The second-order valence-electron chi connectivity index (χ2n) is 4.64. The van der Waals surface area contributed by atoms with Crippen LogP contribution in [-0.2, 0) is 17.3 Å². The van der Waals surface area contributed by atoms with Crippen molar-refractivity contribution in [3.8, 4) is 5.69 Å². The van der Waals surface area contributed by atoms with E-state index in [9.17, 15) is 17.4 Å². The number of nitrogens with one attached hydrogen (secondary N) is 1. The largest absolute Gasteiger partial charge is 0.471 e. The Balaban J connectivity index is 1.96. The highest BCUT2D eigenvalue weighted by atomic mass is 32.2. The third-order valence-electron chi connectivity index (χ3n) is 3.05. The first-order valence-electron chi connectivity index (χ1n) is 6.64. The van der Waals surface area contributed by atoms with Crippen LogP contribution < -0.4 is 5.32 Å². The first-order chi connectivity index (χ1) is 10.4. The molecule has 22 heavy (non-hydrogen) atoms. The quantitative estimate of drug-likeness (QED) is 0.828. The zero-order chi connectivity index (χ0) is 16.2. The summed E-state index contributed by atoms with van der Waals surface area (Å²) in [4.78, 5) is 4.23. The summed E-state index contributed by atoms with van der Waals surface area (Å²) in [6.45, 7) is 2.23. The molecule has 0 spiro atoms. The summed E-state index contributed by atoms with van der Waals surface area (Å²) >= 11 is 0. The molecule has 0 bridgehead atoms. The van der Waals surface area contributed by atoms with Crippen molar-refractivity contribution in [2.45, 2.75) is 19.0 Å². The lowest BCUT2D eigenvalue weighted by atomic mass is 10.3. The molecule has 2 rings (SSSR count). The molecule has 0 amide bonds.